The van der Waals surface area contributed by atoms with Crippen LogP contribution in [-0.4, -0.2) is 48.5 Å². The number of benzene rings is 1. The van der Waals surface area contributed by atoms with E-state index in [1.165, 1.54) is 0 Å². The molecule has 5 nitrogen and oxygen atoms in total. The molecule has 0 aromatic heterocycles. The molecule has 1 aliphatic heterocycles. The third-order valence-corrected chi connectivity index (χ3v) is 7.00. The van der Waals surface area contributed by atoms with Gasteiger partial charge in [-0.3, -0.25) is 0 Å². The highest BCUT2D eigenvalue weighted by Crippen LogP contribution is 2.26. The van der Waals surface area contributed by atoms with E-state index in [1.807, 2.05) is 6.92 Å². The zero-order valence-electron chi connectivity index (χ0n) is 14.5. The number of nitrogens with zero attached hydrogens (tertiary/aromatic N) is 1. The SMILES string of the molecule is CCCS(=O)(=O)N1CCC(NC(=S)Nc2ccc(SC(F)F)cc2)CC1. The fourth-order valence-electron chi connectivity index (χ4n) is 2.74. The van der Waals surface area contributed by atoms with Crippen LogP contribution in [0.4, 0.5) is 14.5 Å². The molecule has 0 unspecified atom stereocenters. The lowest BCUT2D eigenvalue weighted by atomic mass is 10.1. The van der Waals surface area contributed by atoms with E-state index < -0.39 is 15.8 Å². The molecule has 1 fully saturated rings. The number of hydrogen-bond donors (Lipinski definition) is 2. The highest BCUT2D eigenvalue weighted by molar-refractivity contribution is 7.99. The standard InChI is InChI=1S/C16H23F2N3O2S3/c1-2-11-26(22,23)21-9-7-13(8-10-21)20-16(24)19-12-3-5-14(6-4-12)25-15(17)18/h3-6,13,15H,2,7-11H2,1H3,(H2,19,20,24). The lowest BCUT2D eigenvalue weighted by Crippen LogP contribution is -2.47. The lowest BCUT2D eigenvalue weighted by molar-refractivity contribution is 0.252. The molecule has 2 rings (SSSR count). The largest absolute Gasteiger partial charge is 0.360 e. The predicted octanol–water partition coefficient (Wildman–Crippen LogP) is 3.49. The fourth-order valence-corrected chi connectivity index (χ4v) is 5.06. The molecule has 1 saturated heterocycles. The summed E-state index contributed by atoms with van der Waals surface area (Å²) in [7, 11) is -3.14. The molecule has 0 radical (unpaired) electrons. The molecule has 0 bridgehead atoms. The van der Waals surface area contributed by atoms with Gasteiger partial charge in [-0.25, -0.2) is 12.7 Å². The van der Waals surface area contributed by atoms with Crippen LogP contribution in [0.2, 0.25) is 0 Å². The van der Waals surface area contributed by atoms with Gasteiger partial charge in [0.15, 0.2) is 5.11 Å². The van der Waals surface area contributed by atoms with Crippen LogP contribution in [0.3, 0.4) is 0 Å². The number of rotatable bonds is 7. The van der Waals surface area contributed by atoms with Crippen LogP contribution in [0.1, 0.15) is 26.2 Å². The molecule has 0 atom stereocenters. The van der Waals surface area contributed by atoms with Crippen molar-refractivity contribution in [2.45, 2.75) is 42.9 Å². The first-order valence-corrected chi connectivity index (χ1v) is 11.3. The van der Waals surface area contributed by atoms with Crippen molar-refractivity contribution in [1.82, 2.24) is 9.62 Å². The van der Waals surface area contributed by atoms with Crippen molar-refractivity contribution in [3.8, 4) is 0 Å². The molecule has 0 aliphatic carbocycles. The van der Waals surface area contributed by atoms with Crippen LogP contribution >= 0.6 is 24.0 Å². The Morgan fingerprint density at radius 3 is 2.46 bits per heavy atom. The van der Waals surface area contributed by atoms with Crippen molar-refractivity contribution in [2.24, 2.45) is 0 Å². The van der Waals surface area contributed by atoms with E-state index in [9.17, 15) is 17.2 Å². The van der Waals surface area contributed by atoms with Crippen LogP contribution in [0, 0.1) is 0 Å². The summed E-state index contributed by atoms with van der Waals surface area (Å²) in [4.78, 5) is 0.491. The van der Waals surface area contributed by atoms with E-state index in [2.05, 4.69) is 10.6 Å². The molecular weight excluding hydrogens is 400 g/mol. The van der Waals surface area contributed by atoms with Crippen LogP contribution in [-0.2, 0) is 10.0 Å². The van der Waals surface area contributed by atoms with Crippen molar-refractivity contribution in [1.29, 1.82) is 0 Å². The second-order valence-corrected chi connectivity index (χ2v) is 9.55. The molecule has 0 spiro atoms. The van der Waals surface area contributed by atoms with Crippen LogP contribution < -0.4 is 10.6 Å². The molecule has 1 aromatic rings. The van der Waals surface area contributed by atoms with Crippen LogP contribution in [0.5, 0.6) is 0 Å². The predicted molar refractivity (Wildman–Crippen MR) is 106 cm³/mol. The van der Waals surface area contributed by atoms with Gasteiger partial charge >= 0.3 is 0 Å². The summed E-state index contributed by atoms with van der Waals surface area (Å²) in [6, 6.07) is 6.71. The Morgan fingerprint density at radius 1 is 1.31 bits per heavy atom. The normalized spacial score (nSPS) is 16.6. The summed E-state index contributed by atoms with van der Waals surface area (Å²) in [5.41, 5.74) is 0.712. The van der Waals surface area contributed by atoms with Crippen molar-refractivity contribution in [3.05, 3.63) is 24.3 Å². The zero-order chi connectivity index (χ0) is 19.2. The molecule has 1 heterocycles. The van der Waals surface area contributed by atoms with Gasteiger partial charge in [-0.15, -0.1) is 0 Å². The summed E-state index contributed by atoms with van der Waals surface area (Å²) >= 11 is 5.78. The minimum Gasteiger partial charge on any atom is -0.360 e. The zero-order valence-corrected chi connectivity index (χ0v) is 16.9. The highest BCUT2D eigenvalue weighted by atomic mass is 32.2. The topological polar surface area (TPSA) is 61.4 Å². The molecule has 1 aliphatic rings. The van der Waals surface area contributed by atoms with Gasteiger partial charge in [0.2, 0.25) is 10.0 Å². The Morgan fingerprint density at radius 2 is 1.92 bits per heavy atom. The monoisotopic (exact) mass is 423 g/mol. The quantitative estimate of drug-likeness (QED) is 0.517. The van der Waals surface area contributed by atoms with E-state index in [0.29, 0.717) is 59.8 Å². The number of thioether (sulfide) groups is 1. The van der Waals surface area contributed by atoms with Gasteiger partial charge in [0.05, 0.1) is 5.75 Å². The second kappa shape index (κ2) is 9.82. The van der Waals surface area contributed by atoms with Gasteiger partial charge in [-0.1, -0.05) is 18.7 Å². The first-order valence-electron chi connectivity index (χ1n) is 8.40. The number of alkyl halides is 2. The molecule has 1 aromatic carbocycles. The maximum absolute atomic E-state index is 12.3. The first-order chi connectivity index (χ1) is 12.3. The van der Waals surface area contributed by atoms with Crippen molar-refractivity contribution in [3.63, 3.8) is 0 Å². The van der Waals surface area contributed by atoms with E-state index in [4.69, 9.17) is 12.2 Å². The van der Waals surface area contributed by atoms with Gasteiger partial charge in [-0.05, 0) is 55.7 Å². The van der Waals surface area contributed by atoms with E-state index in [-0.39, 0.29) is 11.8 Å². The van der Waals surface area contributed by atoms with Crippen LogP contribution in [0.15, 0.2) is 29.2 Å². The van der Waals surface area contributed by atoms with Crippen molar-refractivity contribution in [2.75, 3.05) is 24.2 Å². The van der Waals surface area contributed by atoms with Gasteiger partial charge in [0.1, 0.15) is 0 Å². The number of nitrogens with one attached hydrogen (secondary N) is 2. The van der Waals surface area contributed by atoms with Gasteiger partial charge < -0.3 is 10.6 Å². The molecule has 146 valence electrons. The van der Waals surface area contributed by atoms with Gasteiger partial charge in [0.25, 0.3) is 5.76 Å². The maximum Gasteiger partial charge on any atom is 0.288 e. The number of thiocarbonyl (C=S) groups is 1. The van der Waals surface area contributed by atoms with Gasteiger partial charge in [-0.2, -0.15) is 8.78 Å². The Balaban J connectivity index is 1.79. The van der Waals surface area contributed by atoms with Gasteiger partial charge in [0, 0.05) is 29.7 Å². The summed E-state index contributed by atoms with van der Waals surface area (Å²) < 4.78 is 50.3. The summed E-state index contributed by atoms with van der Waals surface area (Å²) in [5.74, 6) is -2.26. The molecule has 2 N–H and O–H groups in total. The molecule has 10 heteroatoms. The summed E-state index contributed by atoms with van der Waals surface area (Å²) in [6.45, 7) is 2.83. The Kier molecular flexibility index (Phi) is 8.05. The minimum atomic E-state index is -3.14. The maximum atomic E-state index is 12.3. The third kappa shape index (κ3) is 6.64. The van der Waals surface area contributed by atoms with Crippen molar-refractivity contribution >= 4 is 44.8 Å². The molecule has 0 amide bonds. The smallest absolute Gasteiger partial charge is 0.288 e. The lowest BCUT2D eigenvalue weighted by Gasteiger charge is -2.32. The van der Waals surface area contributed by atoms with E-state index in [0.717, 1.165) is 0 Å². The number of hydrogen-bond acceptors (Lipinski definition) is 4. The van der Waals surface area contributed by atoms with Crippen molar-refractivity contribution < 1.29 is 17.2 Å². The first kappa shape index (κ1) is 21.3. The molecule has 0 saturated carbocycles. The number of piperidine rings is 1. The highest BCUT2D eigenvalue weighted by Gasteiger charge is 2.27. The molecular formula is C16H23F2N3O2S3. The Labute approximate surface area is 163 Å². The number of anilines is 1. The van der Waals surface area contributed by atoms with Crippen LogP contribution in [0.25, 0.3) is 0 Å². The number of sulfonamides is 1. The number of halogens is 2. The Hall–Kier alpha value is -0.970. The molecule has 26 heavy (non-hydrogen) atoms. The van der Waals surface area contributed by atoms with E-state index >= 15 is 0 Å². The fraction of sp³-hybridized carbons (Fsp3) is 0.562. The average molecular weight is 424 g/mol. The summed E-state index contributed by atoms with van der Waals surface area (Å²) in [5, 5.41) is 6.65. The Bertz CT molecular complexity index is 691. The average Bonchev–Trinajstić information content (AvgIpc) is 2.56. The van der Waals surface area contributed by atoms with E-state index in [1.54, 1.807) is 28.6 Å². The minimum absolute atomic E-state index is 0.108. The second-order valence-electron chi connectivity index (χ2n) is 5.99. The summed E-state index contributed by atoms with van der Waals surface area (Å²) in [6.07, 6.45) is 1.99. The third-order valence-electron chi connectivity index (χ3n) is 3.98.